The van der Waals surface area contributed by atoms with E-state index in [9.17, 15) is 9.90 Å². The highest BCUT2D eigenvalue weighted by Crippen LogP contribution is 2.25. The van der Waals surface area contributed by atoms with Crippen LogP contribution in [0.25, 0.3) is 0 Å². The molecule has 0 fully saturated rings. The van der Waals surface area contributed by atoms with Gasteiger partial charge >= 0.3 is 0 Å². The average Bonchev–Trinajstić information content (AvgIpc) is 2.71. The summed E-state index contributed by atoms with van der Waals surface area (Å²) in [7, 11) is 0. The van der Waals surface area contributed by atoms with Crippen LogP contribution >= 0.6 is 11.3 Å². The second kappa shape index (κ2) is 4.55. The fourth-order valence-electron chi connectivity index (χ4n) is 1.46. The number of aromatic hydroxyl groups is 1. The Morgan fingerprint density at radius 2 is 2.18 bits per heavy atom. The Bertz CT molecular complexity index is 563. The van der Waals surface area contributed by atoms with Crippen molar-refractivity contribution in [1.29, 1.82) is 0 Å². The Kier molecular flexibility index (Phi) is 3.10. The van der Waals surface area contributed by atoms with Crippen LogP contribution in [0.5, 0.6) is 5.75 Å². The van der Waals surface area contributed by atoms with Gasteiger partial charge in [-0.25, -0.2) is 4.98 Å². The molecule has 1 amide bonds. The maximum atomic E-state index is 11.9. The van der Waals surface area contributed by atoms with Crippen molar-refractivity contribution in [2.45, 2.75) is 13.8 Å². The summed E-state index contributed by atoms with van der Waals surface area (Å²) in [6.07, 6.45) is 0. The van der Waals surface area contributed by atoms with E-state index in [2.05, 4.69) is 10.3 Å². The summed E-state index contributed by atoms with van der Waals surface area (Å²) in [5.41, 5.74) is 3.62. The zero-order valence-electron chi connectivity index (χ0n) is 9.52. The van der Waals surface area contributed by atoms with Crippen molar-refractivity contribution in [3.8, 4) is 5.75 Å². The number of thiazole rings is 1. The van der Waals surface area contributed by atoms with Crippen molar-refractivity contribution in [3.05, 3.63) is 39.8 Å². The molecule has 17 heavy (non-hydrogen) atoms. The van der Waals surface area contributed by atoms with Crippen molar-refractivity contribution in [3.63, 3.8) is 0 Å². The number of benzene rings is 1. The third-order valence-electron chi connectivity index (χ3n) is 2.51. The standard InChI is InChI=1S/C12H12N2O2S/c1-7-9(4-3-5-10(7)15)14-12(16)11-8(2)13-6-17-11/h3-6,15H,1-2H3,(H,14,16). The Hall–Kier alpha value is -1.88. The molecule has 88 valence electrons. The molecule has 0 atom stereocenters. The molecule has 0 aliphatic heterocycles. The molecule has 0 spiro atoms. The molecule has 0 radical (unpaired) electrons. The maximum absolute atomic E-state index is 11.9. The lowest BCUT2D eigenvalue weighted by Gasteiger charge is -2.08. The lowest BCUT2D eigenvalue weighted by Crippen LogP contribution is -2.12. The number of nitrogens with zero attached hydrogens (tertiary/aromatic N) is 1. The molecule has 1 aromatic heterocycles. The number of rotatable bonds is 2. The predicted molar refractivity (Wildman–Crippen MR) is 67.6 cm³/mol. The molecular formula is C12H12N2O2S. The van der Waals surface area contributed by atoms with E-state index < -0.39 is 0 Å². The number of hydrogen-bond acceptors (Lipinski definition) is 4. The van der Waals surface area contributed by atoms with E-state index in [-0.39, 0.29) is 11.7 Å². The molecule has 1 heterocycles. The number of carbonyl (C=O) groups excluding carboxylic acids is 1. The van der Waals surface area contributed by atoms with Crippen molar-refractivity contribution in [2.75, 3.05) is 5.32 Å². The molecule has 0 saturated heterocycles. The molecule has 2 aromatic rings. The highest BCUT2D eigenvalue weighted by molar-refractivity contribution is 7.12. The fourth-order valence-corrected chi connectivity index (χ4v) is 2.16. The smallest absolute Gasteiger partial charge is 0.267 e. The monoisotopic (exact) mass is 248 g/mol. The predicted octanol–water partition coefficient (Wildman–Crippen LogP) is 2.72. The SMILES string of the molecule is Cc1ncsc1C(=O)Nc1cccc(O)c1C. The number of aromatic nitrogens is 1. The van der Waals surface area contributed by atoms with Gasteiger partial charge < -0.3 is 10.4 Å². The summed E-state index contributed by atoms with van der Waals surface area (Å²) in [5.74, 6) is -0.0254. The number of phenols is 1. The van der Waals surface area contributed by atoms with Gasteiger partial charge in [0.1, 0.15) is 10.6 Å². The Morgan fingerprint density at radius 1 is 1.41 bits per heavy atom. The van der Waals surface area contributed by atoms with Gasteiger partial charge in [-0.1, -0.05) is 6.07 Å². The molecule has 4 nitrogen and oxygen atoms in total. The molecule has 2 rings (SSSR count). The molecule has 5 heteroatoms. The van der Waals surface area contributed by atoms with Gasteiger partial charge in [-0.3, -0.25) is 4.79 Å². The second-order valence-corrected chi connectivity index (χ2v) is 4.53. The summed E-state index contributed by atoms with van der Waals surface area (Å²) in [6.45, 7) is 3.55. The minimum absolute atomic E-state index is 0.170. The zero-order valence-corrected chi connectivity index (χ0v) is 10.3. The second-order valence-electron chi connectivity index (χ2n) is 3.67. The van der Waals surface area contributed by atoms with Crippen LogP contribution in [0.3, 0.4) is 0 Å². The van der Waals surface area contributed by atoms with Crippen LogP contribution in [-0.4, -0.2) is 16.0 Å². The highest BCUT2D eigenvalue weighted by atomic mass is 32.1. The largest absolute Gasteiger partial charge is 0.508 e. The topological polar surface area (TPSA) is 62.2 Å². The minimum Gasteiger partial charge on any atom is -0.508 e. The zero-order chi connectivity index (χ0) is 12.4. The Labute approximate surface area is 103 Å². The lowest BCUT2D eigenvalue weighted by molar-refractivity contribution is 0.102. The van der Waals surface area contributed by atoms with E-state index in [1.54, 1.807) is 37.6 Å². The quantitative estimate of drug-likeness (QED) is 0.859. The molecular weight excluding hydrogens is 236 g/mol. The van der Waals surface area contributed by atoms with Gasteiger partial charge in [0.2, 0.25) is 0 Å². The number of aryl methyl sites for hydroxylation is 1. The first-order valence-electron chi connectivity index (χ1n) is 5.09. The third-order valence-corrected chi connectivity index (χ3v) is 3.43. The molecule has 0 aliphatic carbocycles. The number of phenolic OH excluding ortho intramolecular Hbond substituents is 1. The Balaban J connectivity index is 2.25. The van der Waals surface area contributed by atoms with Gasteiger partial charge in [0.25, 0.3) is 5.91 Å². The summed E-state index contributed by atoms with van der Waals surface area (Å²) in [6, 6.07) is 5.03. The average molecular weight is 248 g/mol. The summed E-state index contributed by atoms with van der Waals surface area (Å²) < 4.78 is 0. The molecule has 0 aliphatic rings. The van der Waals surface area contributed by atoms with Crippen molar-refractivity contribution in [2.24, 2.45) is 0 Å². The van der Waals surface area contributed by atoms with Gasteiger partial charge in [-0.2, -0.15) is 0 Å². The van der Waals surface area contributed by atoms with Crippen LogP contribution in [0, 0.1) is 13.8 Å². The van der Waals surface area contributed by atoms with Gasteiger partial charge in [0.15, 0.2) is 0 Å². The van der Waals surface area contributed by atoms with Crippen LogP contribution < -0.4 is 5.32 Å². The highest BCUT2D eigenvalue weighted by Gasteiger charge is 2.13. The molecule has 0 saturated carbocycles. The Morgan fingerprint density at radius 3 is 2.82 bits per heavy atom. The number of nitrogens with one attached hydrogen (secondary N) is 1. The van der Waals surface area contributed by atoms with Crippen LogP contribution in [0.15, 0.2) is 23.7 Å². The van der Waals surface area contributed by atoms with E-state index in [0.29, 0.717) is 21.8 Å². The number of anilines is 1. The van der Waals surface area contributed by atoms with E-state index >= 15 is 0 Å². The number of hydrogen-bond donors (Lipinski definition) is 2. The van der Waals surface area contributed by atoms with Crippen LogP contribution in [0.1, 0.15) is 20.9 Å². The van der Waals surface area contributed by atoms with Crippen molar-refractivity contribution < 1.29 is 9.90 Å². The van der Waals surface area contributed by atoms with Crippen molar-refractivity contribution >= 4 is 22.9 Å². The van der Waals surface area contributed by atoms with E-state index in [1.165, 1.54) is 11.3 Å². The van der Waals surface area contributed by atoms with E-state index in [4.69, 9.17) is 0 Å². The van der Waals surface area contributed by atoms with Crippen LogP contribution in [-0.2, 0) is 0 Å². The van der Waals surface area contributed by atoms with E-state index in [1.807, 2.05) is 0 Å². The fraction of sp³-hybridized carbons (Fsp3) is 0.167. The normalized spacial score (nSPS) is 10.2. The third kappa shape index (κ3) is 2.29. The van der Waals surface area contributed by atoms with Gasteiger partial charge in [0, 0.05) is 11.3 Å². The van der Waals surface area contributed by atoms with Crippen LogP contribution in [0.4, 0.5) is 5.69 Å². The van der Waals surface area contributed by atoms with Gasteiger partial charge in [0.05, 0.1) is 11.2 Å². The van der Waals surface area contributed by atoms with E-state index in [0.717, 1.165) is 0 Å². The first-order valence-corrected chi connectivity index (χ1v) is 5.97. The molecule has 2 N–H and O–H groups in total. The number of carbonyl (C=O) groups is 1. The molecule has 1 aromatic carbocycles. The first-order chi connectivity index (χ1) is 8.09. The summed E-state index contributed by atoms with van der Waals surface area (Å²) >= 11 is 1.30. The lowest BCUT2D eigenvalue weighted by atomic mass is 10.2. The number of amides is 1. The maximum Gasteiger partial charge on any atom is 0.267 e. The summed E-state index contributed by atoms with van der Waals surface area (Å²) in [4.78, 5) is 16.6. The molecule has 0 bridgehead atoms. The summed E-state index contributed by atoms with van der Waals surface area (Å²) in [5, 5.41) is 12.3. The first kappa shape index (κ1) is 11.6. The van der Waals surface area contributed by atoms with Crippen molar-refractivity contribution in [1.82, 2.24) is 4.98 Å². The van der Waals surface area contributed by atoms with Gasteiger partial charge in [-0.05, 0) is 26.0 Å². The van der Waals surface area contributed by atoms with Gasteiger partial charge in [-0.15, -0.1) is 11.3 Å². The van der Waals surface area contributed by atoms with Crippen LogP contribution in [0.2, 0.25) is 0 Å². The minimum atomic E-state index is -0.196. The molecule has 0 unspecified atom stereocenters.